The fourth-order valence-corrected chi connectivity index (χ4v) is 5.35. The zero-order chi connectivity index (χ0) is 16.4. The van der Waals surface area contributed by atoms with Gasteiger partial charge in [0.25, 0.3) is 0 Å². The molecule has 7 heteroatoms. The quantitative estimate of drug-likeness (QED) is 0.836. The molecule has 0 spiro atoms. The minimum atomic E-state index is -3.64. The van der Waals surface area contributed by atoms with Crippen molar-refractivity contribution in [2.45, 2.75) is 24.5 Å². The molecule has 1 aromatic carbocycles. The number of rotatable bonds is 4. The lowest BCUT2D eigenvalue weighted by Gasteiger charge is -2.30. The normalized spacial score (nSPS) is 17.5. The standard InChI is InChI=1S/C16H17F2NO2S2/c17-14-3-4-15(18)13(10-14)11-23(20,21)19-7-5-12(6-8-19)16-2-1-9-22-16/h1-4,9-10,12H,5-8,11H2. The Kier molecular flexibility index (Phi) is 4.79. The Morgan fingerprint density at radius 3 is 2.57 bits per heavy atom. The summed E-state index contributed by atoms with van der Waals surface area (Å²) in [5, 5.41) is 2.02. The Morgan fingerprint density at radius 1 is 1.17 bits per heavy atom. The van der Waals surface area contributed by atoms with Crippen LogP contribution in [0.15, 0.2) is 35.7 Å². The molecule has 0 radical (unpaired) electrons. The maximum absolute atomic E-state index is 13.7. The van der Waals surface area contributed by atoms with E-state index in [2.05, 4.69) is 6.07 Å². The summed E-state index contributed by atoms with van der Waals surface area (Å²) in [4.78, 5) is 1.28. The first-order valence-corrected chi connectivity index (χ1v) is 9.90. The van der Waals surface area contributed by atoms with Gasteiger partial charge >= 0.3 is 0 Å². The van der Waals surface area contributed by atoms with Gasteiger partial charge in [-0.3, -0.25) is 0 Å². The molecule has 0 N–H and O–H groups in total. The number of piperidine rings is 1. The van der Waals surface area contributed by atoms with E-state index in [1.165, 1.54) is 9.18 Å². The molecular formula is C16H17F2NO2S2. The SMILES string of the molecule is O=S(=O)(Cc1cc(F)ccc1F)N1CCC(c2cccs2)CC1. The average Bonchev–Trinajstić information content (AvgIpc) is 3.05. The van der Waals surface area contributed by atoms with Gasteiger partial charge < -0.3 is 0 Å². The van der Waals surface area contributed by atoms with Crippen LogP contribution in [0.25, 0.3) is 0 Å². The monoisotopic (exact) mass is 357 g/mol. The molecular weight excluding hydrogens is 340 g/mol. The van der Waals surface area contributed by atoms with E-state index in [-0.39, 0.29) is 5.56 Å². The van der Waals surface area contributed by atoms with Crippen LogP contribution in [-0.2, 0) is 15.8 Å². The molecule has 3 rings (SSSR count). The molecule has 0 amide bonds. The van der Waals surface area contributed by atoms with Gasteiger partial charge in [-0.05, 0) is 48.4 Å². The highest BCUT2D eigenvalue weighted by atomic mass is 32.2. The van der Waals surface area contributed by atoms with Crippen molar-refractivity contribution >= 4 is 21.4 Å². The fourth-order valence-electron chi connectivity index (χ4n) is 2.88. The van der Waals surface area contributed by atoms with Gasteiger partial charge in [0.15, 0.2) is 0 Å². The minimum absolute atomic E-state index is 0.120. The van der Waals surface area contributed by atoms with Crippen molar-refractivity contribution < 1.29 is 17.2 Å². The smallest absolute Gasteiger partial charge is 0.212 e. The number of benzene rings is 1. The number of thiophene rings is 1. The van der Waals surface area contributed by atoms with Crippen LogP contribution in [0.3, 0.4) is 0 Å². The number of halogens is 2. The van der Waals surface area contributed by atoms with Crippen molar-refractivity contribution in [1.82, 2.24) is 4.31 Å². The summed E-state index contributed by atoms with van der Waals surface area (Å²) < 4.78 is 53.2. The molecule has 1 aromatic heterocycles. The summed E-state index contributed by atoms with van der Waals surface area (Å²) >= 11 is 1.69. The zero-order valence-corrected chi connectivity index (χ0v) is 14.0. The van der Waals surface area contributed by atoms with E-state index in [0.717, 1.165) is 31.0 Å². The Balaban J connectivity index is 1.68. The number of nitrogens with zero attached hydrogens (tertiary/aromatic N) is 1. The summed E-state index contributed by atoms with van der Waals surface area (Å²) in [6.45, 7) is 0.837. The van der Waals surface area contributed by atoms with Gasteiger partial charge in [-0.15, -0.1) is 11.3 Å². The molecule has 2 heterocycles. The molecule has 2 aromatic rings. The highest BCUT2D eigenvalue weighted by Gasteiger charge is 2.29. The largest absolute Gasteiger partial charge is 0.218 e. The summed E-state index contributed by atoms with van der Waals surface area (Å²) in [5.41, 5.74) is -0.120. The number of hydrogen-bond acceptors (Lipinski definition) is 3. The van der Waals surface area contributed by atoms with Crippen LogP contribution in [0.2, 0.25) is 0 Å². The Bertz CT molecular complexity index is 767. The van der Waals surface area contributed by atoms with Crippen LogP contribution in [-0.4, -0.2) is 25.8 Å². The van der Waals surface area contributed by atoms with E-state index in [0.29, 0.717) is 19.0 Å². The molecule has 1 fully saturated rings. The summed E-state index contributed by atoms with van der Waals surface area (Å²) in [6.07, 6.45) is 1.51. The van der Waals surface area contributed by atoms with Crippen molar-refractivity contribution in [1.29, 1.82) is 0 Å². The second-order valence-corrected chi connectivity index (χ2v) is 8.63. The Hall–Kier alpha value is -1.31. The first-order valence-electron chi connectivity index (χ1n) is 7.41. The van der Waals surface area contributed by atoms with Crippen LogP contribution in [0.1, 0.15) is 29.2 Å². The van der Waals surface area contributed by atoms with Gasteiger partial charge in [-0.1, -0.05) is 6.07 Å². The van der Waals surface area contributed by atoms with Gasteiger partial charge in [-0.2, -0.15) is 0 Å². The topological polar surface area (TPSA) is 37.4 Å². The van der Waals surface area contributed by atoms with E-state index in [1.54, 1.807) is 11.3 Å². The molecule has 1 aliphatic heterocycles. The van der Waals surface area contributed by atoms with Crippen LogP contribution >= 0.6 is 11.3 Å². The molecule has 0 bridgehead atoms. The van der Waals surface area contributed by atoms with Gasteiger partial charge in [-0.25, -0.2) is 21.5 Å². The van der Waals surface area contributed by atoms with E-state index >= 15 is 0 Å². The van der Waals surface area contributed by atoms with E-state index < -0.39 is 27.4 Å². The highest BCUT2D eigenvalue weighted by molar-refractivity contribution is 7.88. The molecule has 124 valence electrons. The summed E-state index contributed by atoms with van der Waals surface area (Å²) in [5.74, 6) is -1.44. The maximum atomic E-state index is 13.7. The van der Waals surface area contributed by atoms with Crippen molar-refractivity contribution in [2.75, 3.05) is 13.1 Å². The lowest BCUT2D eigenvalue weighted by atomic mass is 9.97. The zero-order valence-electron chi connectivity index (χ0n) is 12.4. The lowest BCUT2D eigenvalue weighted by Crippen LogP contribution is -2.38. The Morgan fingerprint density at radius 2 is 1.91 bits per heavy atom. The summed E-state index contributed by atoms with van der Waals surface area (Å²) in [7, 11) is -3.64. The maximum Gasteiger partial charge on any atom is 0.218 e. The third-order valence-electron chi connectivity index (χ3n) is 4.14. The van der Waals surface area contributed by atoms with Gasteiger partial charge in [0.05, 0.1) is 5.75 Å². The molecule has 0 atom stereocenters. The van der Waals surface area contributed by atoms with E-state index in [9.17, 15) is 17.2 Å². The molecule has 1 saturated heterocycles. The lowest BCUT2D eigenvalue weighted by molar-refractivity contribution is 0.321. The van der Waals surface area contributed by atoms with Gasteiger partial charge in [0.2, 0.25) is 10.0 Å². The number of sulfonamides is 1. The highest BCUT2D eigenvalue weighted by Crippen LogP contribution is 2.32. The van der Waals surface area contributed by atoms with E-state index in [4.69, 9.17) is 0 Å². The van der Waals surface area contributed by atoms with Gasteiger partial charge in [0.1, 0.15) is 11.6 Å². The molecule has 0 unspecified atom stereocenters. The Labute approximate surface area is 138 Å². The predicted octanol–water partition coefficient (Wildman–Crippen LogP) is 3.74. The molecule has 3 nitrogen and oxygen atoms in total. The molecule has 23 heavy (non-hydrogen) atoms. The van der Waals surface area contributed by atoms with Crippen LogP contribution in [0, 0.1) is 11.6 Å². The predicted molar refractivity (Wildman–Crippen MR) is 86.8 cm³/mol. The molecule has 0 saturated carbocycles. The second-order valence-electron chi connectivity index (χ2n) is 5.68. The van der Waals surface area contributed by atoms with E-state index in [1.807, 2.05) is 11.4 Å². The van der Waals surface area contributed by atoms with Crippen molar-refractivity contribution in [3.8, 4) is 0 Å². The van der Waals surface area contributed by atoms with Crippen molar-refractivity contribution in [3.63, 3.8) is 0 Å². The average molecular weight is 357 g/mol. The van der Waals surface area contributed by atoms with Crippen molar-refractivity contribution in [2.24, 2.45) is 0 Å². The first kappa shape index (κ1) is 16.5. The first-order chi connectivity index (χ1) is 11.0. The fraction of sp³-hybridized carbons (Fsp3) is 0.375. The molecule has 1 aliphatic rings. The van der Waals surface area contributed by atoms with Crippen LogP contribution in [0.4, 0.5) is 8.78 Å². The summed E-state index contributed by atoms with van der Waals surface area (Å²) in [6, 6.07) is 6.96. The second kappa shape index (κ2) is 6.67. The third kappa shape index (κ3) is 3.79. The van der Waals surface area contributed by atoms with Crippen molar-refractivity contribution in [3.05, 3.63) is 57.8 Å². The van der Waals surface area contributed by atoms with Gasteiger partial charge in [0, 0.05) is 23.5 Å². The number of hydrogen-bond donors (Lipinski definition) is 0. The van der Waals surface area contributed by atoms with Crippen LogP contribution in [0.5, 0.6) is 0 Å². The third-order valence-corrected chi connectivity index (χ3v) is 7.00. The minimum Gasteiger partial charge on any atom is -0.212 e. The van der Waals surface area contributed by atoms with Crippen LogP contribution < -0.4 is 0 Å². The molecule has 0 aliphatic carbocycles.